The fraction of sp³-hybridized carbons (Fsp3) is 0. The number of allylic oxidation sites excluding steroid dienone is 1. The van der Waals surface area contributed by atoms with Crippen molar-refractivity contribution in [3.8, 4) is 0 Å². The van der Waals surface area contributed by atoms with Crippen LogP contribution in [0.15, 0.2) is 40.9 Å². The number of hydrogen-bond acceptors (Lipinski definition) is 4. The SMILES string of the molecule is O=C([O-])c1ccc(C(=O)/C=C/c2ccc(Br)cc2F)s1. The first kappa shape index (κ1) is 14.6. The predicted octanol–water partition coefficient (Wildman–Crippen LogP) is 2.91. The lowest BCUT2D eigenvalue weighted by Crippen LogP contribution is -2.20. The molecule has 0 amide bonds. The normalized spacial score (nSPS) is 10.9. The first-order valence-corrected chi connectivity index (χ1v) is 7.07. The highest BCUT2D eigenvalue weighted by molar-refractivity contribution is 9.10. The molecule has 2 aromatic rings. The third-order valence-corrected chi connectivity index (χ3v) is 4.00. The number of aromatic carboxylic acids is 1. The minimum absolute atomic E-state index is 0.0171. The molecule has 1 aromatic carbocycles. The Hall–Kier alpha value is -1.79. The zero-order valence-corrected chi connectivity index (χ0v) is 12.3. The Morgan fingerprint density at radius 2 is 1.90 bits per heavy atom. The van der Waals surface area contributed by atoms with Gasteiger partial charge in [0.05, 0.1) is 15.7 Å². The van der Waals surface area contributed by atoms with E-state index in [1.54, 1.807) is 6.07 Å². The molecule has 0 aliphatic heterocycles. The molecule has 0 saturated heterocycles. The van der Waals surface area contributed by atoms with E-state index in [2.05, 4.69) is 15.9 Å². The van der Waals surface area contributed by atoms with E-state index >= 15 is 0 Å². The highest BCUT2D eigenvalue weighted by Crippen LogP contribution is 2.19. The van der Waals surface area contributed by atoms with Gasteiger partial charge >= 0.3 is 0 Å². The molecule has 102 valence electrons. The van der Waals surface area contributed by atoms with Gasteiger partial charge in [0.2, 0.25) is 0 Å². The number of carboxylic acids is 1. The molecule has 0 spiro atoms. The molecule has 1 aromatic heterocycles. The number of benzene rings is 1. The van der Waals surface area contributed by atoms with E-state index in [0.29, 0.717) is 4.47 Å². The summed E-state index contributed by atoms with van der Waals surface area (Å²) in [7, 11) is 0. The predicted molar refractivity (Wildman–Crippen MR) is 76.1 cm³/mol. The van der Waals surface area contributed by atoms with E-state index in [4.69, 9.17) is 0 Å². The van der Waals surface area contributed by atoms with Crippen molar-refractivity contribution in [3.63, 3.8) is 0 Å². The molecular formula is C14H7BrFO3S-. The summed E-state index contributed by atoms with van der Waals surface area (Å²) >= 11 is 3.97. The topological polar surface area (TPSA) is 57.2 Å². The summed E-state index contributed by atoms with van der Waals surface area (Å²) in [5.41, 5.74) is 0.276. The van der Waals surface area contributed by atoms with Gasteiger partial charge in [-0.15, -0.1) is 11.3 Å². The molecule has 6 heteroatoms. The van der Waals surface area contributed by atoms with Gasteiger partial charge in [0, 0.05) is 10.0 Å². The molecule has 0 unspecified atom stereocenters. The van der Waals surface area contributed by atoms with Crippen LogP contribution in [0.25, 0.3) is 6.08 Å². The first-order valence-electron chi connectivity index (χ1n) is 5.46. The van der Waals surface area contributed by atoms with Crippen molar-refractivity contribution in [1.82, 2.24) is 0 Å². The van der Waals surface area contributed by atoms with Crippen LogP contribution >= 0.6 is 27.3 Å². The van der Waals surface area contributed by atoms with Crippen molar-refractivity contribution in [2.24, 2.45) is 0 Å². The summed E-state index contributed by atoms with van der Waals surface area (Å²) in [5, 5.41) is 10.6. The van der Waals surface area contributed by atoms with Crippen molar-refractivity contribution in [2.75, 3.05) is 0 Å². The van der Waals surface area contributed by atoms with Gasteiger partial charge in [-0.05, 0) is 36.4 Å². The molecule has 0 radical (unpaired) electrons. The van der Waals surface area contributed by atoms with Gasteiger partial charge in [-0.1, -0.05) is 22.0 Å². The molecule has 0 aliphatic carbocycles. The maximum Gasteiger partial charge on any atom is 0.195 e. The van der Waals surface area contributed by atoms with E-state index in [-0.39, 0.29) is 21.1 Å². The van der Waals surface area contributed by atoms with Gasteiger partial charge in [0.1, 0.15) is 5.82 Å². The number of rotatable bonds is 4. The van der Waals surface area contributed by atoms with Gasteiger partial charge in [0.15, 0.2) is 5.78 Å². The Morgan fingerprint density at radius 3 is 2.50 bits per heavy atom. The Balaban J connectivity index is 2.17. The Labute approximate surface area is 126 Å². The number of carboxylic acid groups (broad SMARTS) is 1. The van der Waals surface area contributed by atoms with Gasteiger partial charge in [-0.3, -0.25) is 4.79 Å². The van der Waals surface area contributed by atoms with Crippen molar-refractivity contribution in [3.05, 3.63) is 62.0 Å². The standard InChI is InChI=1S/C14H8BrFO3S/c15-9-3-1-8(10(16)7-9)2-4-11(17)12-5-6-13(20-12)14(18)19/h1-7H,(H,18,19)/p-1/b4-2+. The van der Waals surface area contributed by atoms with Gasteiger partial charge < -0.3 is 9.90 Å². The summed E-state index contributed by atoms with van der Waals surface area (Å²) in [5.74, 6) is -2.16. The summed E-state index contributed by atoms with van der Waals surface area (Å²) < 4.78 is 14.1. The molecule has 0 aliphatic rings. The number of carbonyl (C=O) groups excluding carboxylic acids is 2. The van der Waals surface area contributed by atoms with Crippen LogP contribution in [-0.4, -0.2) is 11.8 Å². The molecule has 20 heavy (non-hydrogen) atoms. The number of thiophene rings is 1. The van der Waals surface area contributed by atoms with Crippen LogP contribution in [0, 0.1) is 5.82 Å². The lowest BCUT2D eigenvalue weighted by Gasteiger charge is -1.97. The zero-order valence-electron chi connectivity index (χ0n) is 9.93. The fourth-order valence-electron chi connectivity index (χ4n) is 1.46. The lowest BCUT2D eigenvalue weighted by atomic mass is 10.2. The first-order chi connectivity index (χ1) is 9.47. The maximum absolute atomic E-state index is 13.5. The molecule has 2 rings (SSSR count). The number of hydrogen-bond donors (Lipinski definition) is 0. The van der Waals surface area contributed by atoms with E-state index in [1.165, 1.54) is 36.4 Å². The molecule has 0 fully saturated rings. The van der Waals surface area contributed by atoms with Gasteiger partial charge in [-0.25, -0.2) is 4.39 Å². The van der Waals surface area contributed by atoms with Crippen molar-refractivity contribution < 1.29 is 19.1 Å². The van der Waals surface area contributed by atoms with E-state index in [1.807, 2.05) is 0 Å². The average Bonchev–Trinajstić information content (AvgIpc) is 2.87. The second kappa shape index (κ2) is 6.11. The number of halogens is 2. The minimum atomic E-state index is -1.32. The molecular weight excluding hydrogens is 347 g/mol. The molecule has 3 nitrogen and oxygen atoms in total. The smallest absolute Gasteiger partial charge is 0.195 e. The van der Waals surface area contributed by atoms with Crippen molar-refractivity contribution in [2.45, 2.75) is 0 Å². The summed E-state index contributed by atoms with van der Waals surface area (Å²) in [6.07, 6.45) is 2.56. The Bertz CT molecular complexity index is 706. The molecule has 0 bridgehead atoms. The lowest BCUT2D eigenvalue weighted by molar-refractivity contribution is -0.254. The fourth-order valence-corrected chi connectivity index (χ4v) is 2.56. The van der Waals surface area contributed by atoms with Crippen LogP contribution in [0.4, 0.5) is 4.39 Å². The minimum Gasteiger partial charge on any atom is -0.544 e. The largest absolute Gasteiger partial charge is 0.544 e. The molecule has 0 N–H and O–H groups in total. The average molecular weight is 354 g/mol. The van der Waals surface area contributed by atoms with Crippen molar-refractivity contribution in [1.29, 1.82) is 0 Å². The maximum atomic E-state index is 13.5. The van der Waals surface area contributed by atoms with E-state index in [0.717, 1.165) is 11.3 Å². The molecule has 0 atom stereocenters. The number of ketones is 1. The highest BCUT2D eigenvalue weighted by atomic mass is 79.9. The Morgan fingerprint density at radius 1 is 1.20 bits per heavy atom. The monoisotopic (exact) mass is 353 g/mol. The van der Waals surface area contributed by atoms with Crippen molar-refractivity contribution >= 4 is 45.1 Å². The van der Waals surface area contributed by atoms with Crippen LogP contribution in [0.1, 0.15) is 24.9 Å². The van der Waals surface area contributed by atoms with Crippen LogP contribution < -0.4 is 5.11 Å². The number of carbonyl (C=O) groups is 2. The third kappa shape index (κ3) is 3.40. The quantitative estimate of drug-likeness (QED) is 0.627. The highest BCUT2D eigenvalue weighted by Gasteiger charge is 2.07. The summed E-state index contributed by atoms with van der Waals surface area (Å²) in [6.45, 7) is 0. The summed E-state index contributed by atoms with van der Waals surface area (Å²) in [6, 6.07) is 7.20. The van der Waals surface area contributed by atoms with Crippen LogP contribution in [0.2, 0.25) is 0 Å². The summed E-state index contributed by atoms with van der Waals surface area (Å²) in [4.78, 5) is 22.7. The second-order valence-corrected chi connectivity index (χ2v) is 5.81. The Kier molecular flexibility index (Phi) is 4.46. The van der Waals surface area contributed by atoms with Crippen LogP contribution in [-0.2, 0) is 0 Å². The van der Waals surface area contributed by atoms with Crippen LogP contribution in [0.3, 0.4) is 0 Å². The van der Waals surface area contributed by atoms with E-state index < -0.39 is 11.8 Å². The van der Waals surface area contributed by atoms with E-state index in [9.17, 15) is 19.1 Å². The molecule has 0 saturated carbocycles. The zero-order chi connectivity index (χ0) is 14.7. The second-order valence-electron chi connectivity index (χ2n) is 3.81. The van der Waals surface area contributed by atoms with Gasteiger partial charge in [-0.2, -0.15) is 0 Å². The third-order valence-electron chi connectivity index (χ3n) is 2.43. The molecule has 1 heterocycles. The van der Waals surface area contributed by atoms with Crippen LogP contribution in [0.5, 0.6) is 0 Å². The van der Waals surface area contributed by atoms with Gasteiger partial charge in [0.25, 0.3) is 0 Å².